The Balaban J connectivity index is 2.14. The first-order valence-electron chi connectivity index (χ1n) is 15.9. The van der Waals surface area contributed by atoms with Crippen molar-refractivity contribution >= 4 is 47.4 Å². The third-order valence-corrected chi connectivity index (χ3v) is 9.97. The van der Waals surface area contributed by atoms with Crippen molar-refractivity contribution in [2.45, 2.75) is 116 Å². The van der Waals surface area contributed by atoms with Crippen LogP contribution in [0.15, 0.2) is 23.8 Å². The maximum absolute atomic E-state index is 13.3. The van der Waals surface area contributed by atoms with Gasteiger partial charge in [-0.05, 0) is 31.1 Å². The fourth-order valence-electron chi connectivity index (χ4n) is 7.44. The molecule has 11 atom stereocenters. The Labute approximate surface area is 283 Å². The Bertz CT molecular complexity index is 1390. The minimum atomic E-state index is -2.33. The first-order chi connectivity index (χ1) is 22.5. The van der Waals surface area contributed by atoms with Gasteiger partial charge in [-0.1, -0.05) is 26.3 Å². The maximum atomic E-state index is 13.3. The quantitative estimate of drug-likeness (QED) is 0.160. The van der Waals surface area contributed by atoms with E-state index in [0.717, 1.165) is 27.7 Å². The molecule has 1 saturated carbocycles. The molecule has 0 bridgehead atoms. The number of halogens is 1. The monoisotopic (exact) mass is 698 g/mol. The number of aliphatic hydroxyl groups is 1. The minimum Gasteiger partial charge on any atom is -0.459 e. The predicted molar refractivity (Wildman–Crippen MR) is 164 cm³/mol. The molecule has 0 radical (unpaired) electrons. The zero-order chi connectivity index (χ0) is 35.8. The molecule has 1 N–H and O–H groups in total. The Hall–Kier alpha value is -3.49. The van der Waals surface area contributed by atoms with Gasteiger partial charge < -0.3 is 38.3 Å². The van der Waals surface area contributed by atoms with E-state index in [9.17, 15) is 33.9 Å². The van der Waals surface area contributed by atoms with Crippen LogP contribution in [0.3, 0.4) is 0 Å². The van der Waals surface area contributed by atoms with Crippen LogP contribution in [0.25, 0.3) is 0 Å². The van der Waals surface area contributed by atoms with Crippen LogP contribution >= 0.6 is 11.6 Å². The predicted octanol–water partition coefficient (Wildman–Crippen LogP) is 2.25. The molecule has 266 valence electrons. The number of ether oxygens (including phenoxy) is 7. The second-order valence-corrected chi connectivity index (χ2v) is 13.2. The third-order valence-electron chi connectivity index (χ3n) is 9.66. The summed E-state index contributed by atoms with van der Waals surface area (Å²) in [6.07, 6.45) is -3.67. The molecule has 0 aromatic carbocycles. The van der Waals surface area contributed by atoms with Crippen molar-refractivity contribution in [2.24, 2.45) is 17.3 Å². The highest BCUT2D eigenvalue weighted by Gasteiger charge is 2.81. The Kier molecular flexibility index (Phi) is 11.0. The molecule has 15 heteroatoms. The Morgan fingerprint density at radius 1 is 0.938 bits per heavy atom. The summed E-state index contributed by atoms with van der Waals surface area (Å²) in [7, 11) is 0. The molecule has 3 fully saturated rings. The summed E-state index contributed by atoms with van der Waals surface area (Å²) in [4.78, 5) is 77.6. The number of allylic oxidation sites excluding steroid dienone is 2. The van der Waals surface area contributed by atoms with Gasteiger partial charge in [0.1, 0.15) is 17.8 Å². The van der Waals surface area contributed by atoms with E-state index in [0.29, 0.717) is 18.4 Å². The Morgan fingerprint density at radius 3 is 2.04 bits per heavy atom. The smallest absolute Gasteiger partial charge is 0.312 e. The molecule has 2 saturated heterocycles. The number of carbonyl (C=O) groups excluding carboxylic acids is 6. The summed E-state index contributed by atoms with van der Waals surface area (Å²) in [6, 6.07) is 0. The second-order valence-electron chi connectivity index (χ2n) is 13.0. The average Bonchev–Trinajstić information content (AvgIpc) is 3.75. The largest absolute Gasteiger partial charge is 0.459 e. The summed E-state index contributed by atoms with van der Waals surface area (Å²) in [5.41, 5.74) is -5.51. The second kappa shape index (κ2) is 14.2. The van der Waals surface area contributed by atoms with Gasteiger partial charge in [0, 0.05) is 45.9 Å². The lowest BCUT2D eigenvalue weighted by Gasteiger charge is -2.59. The van der Waals surface area contributed by atoms with E-state index >= 15 is 0 Å². The summed E-state index contributed by atoms with van der Waals surface area (Å²) in [5, 5.41) is 12.7. The van der Waals surface area contributed by atoms with E-state index in [2.05, 4.69) is 0 Å². The topological polar surface area (TPSA) is 191 Å². The van der Waals surface area contributed by atoms with Gasteiger partial charge in [-0.3, -0.25) is 28.8 Å². The molecule has 0 aromatic rings. The zero-order valence-electron chi connectivity index (χ0n) is 28.0. The molecule has 48 heavy (non-hydrogen) atoms. The first kappa shape index (κ1) is 37.3. The molecule has 0 aromatic heterocycles. The molecule has 2 aliphatic heterocycles. The van der Waals surface area contributed by atoms with Crippen LogP contribution < -0.4 is 0 Å². The highest BCUT2D eigenvalue weighted by atomic mass is 35.5. The normalized spacial score (nSPS) is 40.1. The van der Waals surface area contributed by atoms with Crippen LogP contribution in [-0.2, 0) is 61.9 Å². The van der Waals surface area contributed by atoms with Crippen LogP contribution in [0, 0.1) is 17.3 Å². The molecular weight excluding hydrogens is 656 g/mol. The number of hydrogen-bond donors (Lipinski definition) is 1. The molecular formula is C33H43ClO14. The standard InChI is InChI=1S/C33H43ClO14/c1-8-9-10-24(39)48-28-25(44-18(4)36)27(45-19(5)37)31(7)22(43-17(3)35)12-11-21(14-34)13-23-33(41,16(2)30(40)47-23)29(46-20(6)38)26(31)32(28)15-42-32/h11-13,16,22-23,25-29,41H,8-10,14-15H2,1-7H3/b12-11-,21-13+/t16-,22-,23-,25+,26+,27-,28+,29-,31+,32-,33+/m0/s1. The van der Waals surface area contributed by atoms with E-state index in [-0.39, 0.29) is 18.9 Å². The van der Waals surface area contributed by atoms with Gasteiger partial charge in [-0.2, -0.15) is 0 Å². The molecule has 0 unspecified atom stereocenters. The lowest BCUT2D eigenvalue weighted by atomic mass is 9.51. The van der Waals surface area contributed by atoms with Crippen molar-refractivity contribution in [1.29, 1.82) is 0 Å². The number of fused-ring (bicyclic) bond motifs is 3. The minimum absolute atomic E-state index is 0.0143. The number of esters is 6. The van der Waals surface area contributed by atoms with Gasteiger partial charge >= 0.3 is 35.8 Å². The molecule has 1 spiro atoms. The van der Waals surface area contributed by atoms with Crippen LogP contribution in [-0.4, -0.2) is 101 Å². The van der Waals surface area contributed by atoms with E-state index in [1.165, 1.54) is 32.1 Å². The van der Waals surface area contributed by atoms with Crippen molar-refractivity contribution in [2.75, 3.05) is 12.5 Å². The number of rotatable bonds is 9. The average molecular weight is 699 g/mol. The molecule has 4 aliphatic rings. The Morgan fingerprint density at radius 2 is 1.52 bits per heavy atom. The number of hydrogen-bond acceptors (Lipinski definition) is 14. The zero-order valence-corrected chi connectivity index (χ0v) is 28.8. The molecule has 2 heterocycles. The summed E-state index contributed by atoms with van der Waals surface area (Å²) < 4.78 is 41.3. The van der Waals surface area contributed by atoms with Crippen molar-refractivity contribution in [3.8, 4) is 0 Å². The lowest BCUT2D eigenvalue weighted by molar-refractivity contribution is -0.279. The van der Waals surface area contributed by atoms with Crippen molar-refractivity contribution in [1.82, 2.24) is 0 Å². The van der Waals surface area contributed by atoms with Gasteiger partial charge in [-0.25, -0.2) is 0 Å². The fourth-order valence-corrected chi connectivity index (χ4v) is 7.62. The molecule has 4 rings (SSSR count). The number of carbonyl (C=O) groups is 6. The number of epoxide rings is 1. The molecule has 14 nitrogen and oxygen atoms in total. The van der Waals surface area contributed by atoms with Gasteiger partial charge in [0.15, 0.2) is 30.0 Å². The molecule has 2 aliphatic carbocycles. The van der Waals surface area contributed by atoms with Crippen molar-refractivity contribution < 1.29 is 67.0 Å². The van der Waals surface area contributed by atoms with E-state index < -0.39 is 101 Å². The molecule has 0 amide bonds. The van der Waals surface area contributed by atoms with Gasteiger partial charge in [0.2, 0.25) is 0 Å². The highest BCUT2D eigenvalue weighted by Crippen LogP contribution is 2.63. The van der Waals surface area contributed by atoms with Crippen LogP contribution in [0.2, 0.25) is 0 Å². The van der Waals surface area contributed by atoms with E-state index in [4.69, 9.17) is 44.8 Å². The van der Waals surface area contributed by atoms with E-state index in [1.54, 1.807) is 0 Å². The third kappa shape index (κ3) is 6.71. The summed E-state index contributed by atoms with van der Waals surface area (Å²) in [5.74, 6) is -7.67. The van der Waals surface area contributed by atoms with Crippen LogP contribution in [0.4, 0.5) is 0 Å². The number of alkyl halides is 1. The van der Waals surface area contributed by atoms with Gasteiger partial charge in [0.05, 0.1) is 17.9 Å². The van der Waals surface area contributed by atoms with E-state index in [1.807, 2.05) is 6.92 Å². The first-order valence-corrected chi connectivity index (χ1v) is 16.4. The van der Waals surface area contributed by atoms with Crippen LogP contribution in [0.5, 0.6) is 0 Å². The highest BCUT2D eigenvalue weighted by molar-refractivity contribution is 6.19. The van der Waals surface area contributed by atoms with Crippen molar-refractivity contribution in [3.05, 3.63) is 23.8 Å². The maximum Gasteiger partial charge on any atom is 0.312 e. The summed E-state index contributed by atoms with van der Waals surface area (Å²) >= 11 is 6.26. The van der Waals surface area contributed by atoms with Gasteiger partial charge in [0.25, 0.3) is 0 Å². The SMILES string of the molecule is CCCCC(=O)O[C@@H]1[C@H](OC(C)=O)[C@H](OC(C)=O)[C@]2(C)[C@@H](OC(C)=O)/C=C\C(CCl)=C/[C@@H]3OC(=O)[C@H](C)[C@]3(O)[C@@H](OC(C)=O)[C@H]2[C@@]12CO2. The van der Waals surface area contributed by atoms with Gasteiger partial charge in [-0.15, -0.1) is 11.6 Å². The summed E-state index contributed by atoms with van der Waals surface area (Å²) in [6.45, 7) is 9.07. The van der Waals surface area contributed by atoms with Crippen LogP contribution in [0.1, 0.15) is 67.7 Å². The fraction of sp³-hybridized carbons (Fsp3) is 0.697. The number of unbranched alkanes of at least 4 members (excludes halogenated alkanes) is 1. The van der Waals surface area contributed by atoms with Crippen molar-refractivity contribution in [3.63, 3.8) is 0 Å². The lowest BCUT2D eigenvalue weighted by Crippen LogP contribution is -2.76.